The minimum atomic E-state index is -4.14. The van der Waals surface area contributed by atoms with Crippen molar-refractivity contribution in [3.8, 4) is 0 Å². The summed E-state index contributed by atoms with van der Waals surface area (Å²) in [7, 11) is -7.39. The van der Waals surface area contributed by atoms with Crippen molar-refractivity contribution in [1.29, 1.82) is 0 Å². The van der Waals surface area contributed by atoms with E-state index in [2.05, 4.69) is 5.32 Å². The Morgan fingerprint density at radius 3 is 2.35 bits per heavy atom. The zero-order chi connectivity index (χ0) is 15.6. The van der Waals surface area contributed by atoms with Gasteiger partial charge < -0.3 is 5.32 Å². The van der Waals surface area contributed by atoms with Gasteiger partial charge in [0.2, 0.25) is 10.0 Å². The third-order valence-electron chi connectivity index (χ3n) is 2.22. The van der Waals surface area contributed by atoms with E-state index in [1.807, 2.05) is 0 Å². The molecular weight excluding hydrogens is 311 g/mol. The summed E-state index contributed by atoms with van der Waals surface area (Å²) in [4.78, 5) is 11.1. The van der Waals surface area contributed by atoms with Gasteiger partial charge in [-0.1, -0.05) is 0 Å². The maximum Gasteiger partial charge on any atom is 0.251 e. The van der Waals surface area contributed by atoms with Crippen molar-refractivity contribution in [2.75, 3.05) is 18.6 Å². The number of sulfone groups is 1. The van der Waals surface area contributed by atoms with Crippen molar-refractivity contribution in [2.24, 2.45) is 5.14 Å². The van der Waals surface area contributed by atoms with Gasteiger partial charge in [0.25, 0.3) is 5.91 Å². The zero-order valence-corrected chi connectivity index (χ0v) is 12.1. The number of halogens is 1. The van der Waals surface area contributed by atoms with Gasteiger partial charge in [0.1, 0.15) is 15.7 Å². The SMILES string of the molecule is CS(=O)(=O)CCNC(=O)c1cc(F)cc(S(N)(=O)=O)c1. The second kappa shape index (κ2) is 5.85. The maximum atomic E-state index is 13.2. The Balaban J connectivity index is 2.92. The second-order valence-corrected chi connectivity index (χ2v) is 7.93. The van der Waals surface area contributed by atoms with Crippen molar-refractivity contribution in [2.45, 2.75) is 4.90 Å². The monoisotopic (exact) mass is 324 g/mol. The Kier molecular flexibility index (Phi) is 4.84. The molecule has 0 fully saturated rings. The summed E-state index contributed by atoms with van der Waals surface area (Å²) in [5.41, 5.74) is -0.262. The van der Waals surface area contributed by atoms with Gasteiger partial charge in [-0.15, -0.1) is 0 Å². The first kappa shape index (κ1) is 16.5. The third kappa shape index (κ3) is 5.23. The first-order chi connectivity index (χ1) is 8.99. The van der Waals surface area contributed by atoms with Crippen molar-refractivity contribution < 1.29 is 26.0 Å². The van der Waals surface area contributed by atoms with E-state index in [9.17, 15) is 26.0 Å². The van der Waals surface area contributed by atoms with Crippen LogP contribution in [-0.2, 0) is 19.9 Å². The van der Waals surface area contributed by atoms with Crippen molar-refractivity contribution in [1.82, 2.24) is 5.32 Å². The average Bonchev–Trinajstić information content (AvgIpc) is 2.25. The first-order valence-corrected chi connectivity index (χ1v) is 8.89. The number of nitrogens with two attached hydrogens (primary N) is 1. The lowest BCUT2D eigenvalue weighted by Gasteiger charge is -2.06. The van der Waals surface area contributed by atoms with Gasteiger partial charge in [-0.2, -0.15) is 0 Å². The molecule has 7 nitrogen and oxygen atoms in total. The molecule has 3 N–H and O–H groups in total. The lowest BCUT2D eigenvalue weighted by molar-refractivity contribution is 0.0955. The van der Waals surface area contributed by atoms with Gasteiger partial charge in [0.15, 0.2) is 0 Å². The number of carbonyl (C=O) groups is 1. The molecule has 1 amide bonds. The molecule has 20 heavy (non-hydrogen) atoms. The molecule has 0 unspecified atom stereocenters. The molecule has 0 aliphatic carbocycles. The highest BCUT2D eigenvalue weighted by Gasteiger charge is 2.15. The zero-order valence-electron chi connectivity index (χ0n) is 10.5. The molecule has 0 saturated heterocycles. The van der Waals surface area contributed by atoms with E-state index in [1.165, 1.54) is 0 Å². The molecule has 1 aromatic carbocycles. The number of primary sulfonamides is 1. The van der Waals surface area contributed by atoms with E-state index in [-0.39, 0.29) is 17.9 Å². The van der Waals surface area contributed by atoms with Gasteiger partial charge in [-0.25, -0.2) is 26.4 Å². The number of sulfonamides is 1. The molecule has 1 aromatic rings. The number of hydrogen-bond acceptors (Lipinski definition) is 5. The van der Waals surface area contributed by atoms with E-state index in [1.54, 1.807) is 0 Å². The Morgan fingerprint density at radius 2 is 1.85 bits per heavy atom. The minimum Gasteiger partial charge on any atom is -0.351 e. The number of hydrogen-bond donors (Lipinski definition) is 2. The van der Waals surface area contributed by atoms with Crippen LogP contribution in [0.15, 0.2) is 23.1 Å². The Labute approximate surface area is 115 Å². The van der Waals surface area contributed by atoms with Crippen LogP contribution in [0.5, 0.6) is 0 Å². The van der Waals surface area contributed by atoms with Crippen molar-refractivity contribution >= 4 is 25.8 Å². The molecule has 0 radical (unpaired) electrons. The van der Waals surface area contributed by atoms with Gasteiger partial charge >= 0.3 is 0 Å². The van der Waals surface area contributed by atoms with Crippen LogP contribution in [0.4, 0.5) is 4.39 Å². The molecule has 0 bridgehead atoms. The lowest BCUT2D eigenvalue weighted by atomic mass is 10.2. The third-order valence-corrected chi connectivity index (χ3v) is 4.06. The fourth-order valence-electron chi connectivity index (χ4n) is 1.31. The molecule has 0 aliphatic heterocycles. The number of amides is 1. The van der Waals surface area contributed by atoms with Crippen LogP contribution in [-0.4, -0.2) is 41.3 Å². The fourth-order valence-corrected chi connectivity index (χ4v) is 2.35. The highest BCUT2D eigenvalue weighted by Crippen LogP contribution is 2.13. The molecule has 1 rings (SSSR count). The van der Waals surface area contributed by atoms with Gasteiger partial charge in [0.05, 0.1) is 10.6 Å². The summed E-state index contributed by atoms with van der Waals surface area (Å²) in [6.45, 7) is -0.168. The topological polar surface area (TPSA) is 123 Å². The minimum absolute atomic E-state index is 0.168. The molecule has 0 atom stereocenters. The molecule has 0 aromatic heterocycles. The maximum absolute atomic E-state index is 13.2. The Hall–Kier alpha value is -1.52. The normalized spacial score (nSPS) is 12.2. The molecule has 0 aliphatic rings. The molecule has 0 heterocycles. The number of nitrogens with one attached hydrogen (secondary N) is 1. The fraction of sp³-hybridized carbons (Fsp3) is 0.300. The second-order valence-electron chi connectivity index (χ2n) is 4.11. The van der Waals surface area contributed by atoms with Crippen LogP contribution >= 0.6 is 0 Å². The van der Waals surface area contributed by atoms with Crippen LogP contribution in [0.25, 0.3) is 0 Å². The predicted molar refractivity (Wildman–Crippen MR) is 69.8 cm³/mol. The van der Waals surface area contributed by atoms with E-state index < -0.39 is 36.5 Å². The molecular formula is C10H13FN2O5S2. The molecule has 10 heteroatoms. The number of carbonyl (C=O) groups excluding carboxylic acids is 1. The quantitative estimate of drug-likeness (QED) is 0.737. The van der Waals surface area contributed by atoms with E-state index in [4.69, 9.17) is 5.14 Å². The van der Waals surface area contributed by atoms with Crippen LogP contribution in [0.2, 0.25) is 0 Å². The Morgan fingerprint density at radius 1 is 1.25 bits per heavy atom. The van der Waals surface area contributed by atoms with E-state index in [0.29, 0.717) is 6.07 Å². The highest BCUT2D eigenvalue weighted by molar-refractivity contribution is 7.90. The van der Waals surface area contributed by atoms with Crippen LogP contribution in [0.3, 0.4) is 0 Å². The van der Waals surface area contributed by atoms with Crippen LogP contribution in [0, 0.1) is 5.82 Å². The van der Waals surface area contributed by atoms with E-state index in [0.717, 1.165) is 18.4 Å². The largest absolute Gasteiger partial charge is 0.351 e. The van der Waals surface area contributed by atoms with E-state index >= 15 is 0 Å². The summed E-state index contributed by atoms with van der Waals surface area (Å²) < 4.78 is 57.2. The molecule has 112 valence electrons. The van der Waals surface area contributed by atoms with Crippen molar-refractivity contribution in [3.63, 3.8) is 0 Å². The molecule has 0 saturated carbocycles. The lowest BCUT2D eigenvalue weighted by Crippen LogP contribution is -2.29. The first-order valence-electron chi connectivity index (χ1n) is 5.28. The van der Waals surface area contributed by atoms with Gasteiger partial charge in [0, 0.05) is 18.4 Å². The number of benzene rings is 1. The van der Waals surface area contributed by atoms with Gasteiger partial charge in [-0.05, 0) is 18.2 Å². The average molecular weight is 324 g/mol. The summed E-state index contributed by atoms with van der Waals surface area (Å²) in [6, 6.07) is 2.42. The summed E-state index contributed by atoms with van der Waals surface area (Å²) >= 11 is 0. The van der Waals surface area contributed by atoms with Crippen molar-refractivity contribution in [3.05, 3.63) is 29.6 Å². The Bertz CT molecular complexity index is 728. The summed E-state index contributed by atoms with van der Waals surface area (Å²) in [5, 5.41) is 7.09. The van der Waals surface area contributed by atoms with Crippen LogP contribution < -0.4 is 10.5 Å². The van der Waals surface area contributed by atoms with Crippen LogP contribution in [0.1, 0.15) is 10.4 Å². The molecule has 0 spiro atoms. The standard InChI is InChI=1S/C10H13FN2O5S2/c1-19(15,16)3-2-13-10(14)7-4-8(11)6-9(5-7)20(12,17)18/h4-6H,2-3H2,1H3,(H,13,14)(H2,12,17,18). The summed E-state index contributed by atoms with van der Waals surface area (Å²) in [6.07, 6.45) is 1.00. The van der Waals surface area contributed by atoms with Gasteiger partial charge in [-0.3, -0.25) is 4.79 Å². The number of rotatable bonds is 5. The smallest absolute Gasteiger partial charge is 0.251 e. The summed E-state index contributed by atoms with van der Waals surface area (Å²) in [5.74, 6) is -2.02. The predicted octanol–water partition coefficient (Wildman–Crippen LogP) is -0.752. The highest BCUT2D eigenvalue weighted by atomic mass is 32.2.